The van der Waals surface area contributed by atoms with Gasteiger partial charge in [0, 0.05) is 12.1 Å². The lowest BCUT2D eigenvalue weighted by atomic mass is 10.2. The Morgan fingerprint density at radius 1 is 1.37 bits per heavy atom. The van der Waals surface area contributed by atoms with E-state index in [1.165, 1.54) is 31.2 Å². The molecule has 1 aromatic carbocycles. The van der Waals surface area contributed by atoms with E-state index >= 15 is 0 Å². The van der Waals surface area contributed by atoms with Gasteiger partial charge in [0.2, 0.25) is 0 Å². The Balaban J connectivity index is 1.68. The van der Waals surface area contributed by atoms with Crippen molar-refractivity contribution in [3.63, 3.8) is 0 Å². The van der Waals surface area contributed by atoms with Crippen molar-refractivity contribution >= 4 is 28.9 Å². The van der Waals surface area contributed by atoms with E-state index in [9.17, 15) is 28.1 Å². The Hall–Kier alpha value is -3.54. The number of carbonyl (C=O) groups excluding carboxylic acids is 1. The van der Waals surface area contributed by atoms with Crippen LogP contribution in [0.4, 0.5) is 24.5 Å². The average Bonchev–Trinajstić information content (AvgIpc) is 3.27. The highest BCUT2D eigenvalue weighted by Crippen LogP contribution is 2.35. The largest absolute Gasteiger partial charge is 0.484 e. The standard InChI is InChI=1S/C17H12ClF3N4O5/c1-8-14(15(24-23-8)17(19,20)21)22-16(26)13-5-3-10(30-13)7-29-12-4-2-9(25(27)28)6-11(12)18/h2-6H,7H2,1H3,(H,22,26)(H,23,24). The van der Waals surface area contributed by atoms with Crippen LogP contribution in [0, 0.1) is 17.0 Å². The second-order valence-corrected chi connectivity index (χ2v) is 6.36. The lowest BCUT2D eigenvalue weighted by Gasteiger charge is -2.08. The van der Waals surface area contributed by atoms with Crippen molar-refractivity contribution in [1.82, 2.24) is 10.2 Å². The summed E-state index contributed by atoms with van der Waals surface area (Å²) in [5, 5.41) is 18.2. The molecule has 3 aromatic rings. The van der Waals surface area contributed by atoms with Crippen LogP contribution in [0.5, 0.6) is 5.75 Å². The number of hydrogen-bond donors (Lipinski definition) is 2. The first kappa shape index (κ1) is 21.2. The molecule has 0 bridgehead atoms. The number of rotatable bonds is 6. The van der Waals surface area contributed by atoms with Gasteiger partial charge in [-0.2, -0.15) is 18.3 Å². The molecular formula is C17H12ClF3N4O5. The van der Waals surface area contributed by atoms with Crippen LogP contribution in [-0.2, 0) is 12.8 Å². The number of hydrogen-bond acceptors (Lipinski definition) is 6. The van der Waals surface area contributed by atoms with Gasteiger partial charge in [0.05, 0.1) is 21.3 Å². The van der Waals surface area contributed by atoms with E-state index in [0.717, 1.165) is 6.07 Å². The number of benzene rings is 1. The van der Waals surface area contributed by atoms with Crippen molar-refractivity contribution in [1.29, 1.82) is 0 Å². The molecule has 0 aliphatic heterocycles. The predicted molar refractivity (Wildman–Crippen MR) is 97.4 cm³/mol. The summed E-state index contributed by atoms with van der Waals surface area (Å²) < 4.78 is 49.6. The molecule has 0 saturated heterocycles. The van der Waals surface area contributed by atoms with Crippen molar-refractivity contribution in [3.8, 4) is 5.75 Å². The lowest BCUT2D eigenvalue weighted by Crippen LogP contribution is -2.16. The van der Waals surface area contributed by atoms with Gasteiger partial charge in [-0.3, -0.25) is 20.0 Å². The van der Waals surface area contributed by atoms with Crippen LogP contribution in [0.25, 0.3) is 0 Å². The van der Waals surface area contributed by atoms with Gasteiger partial charge in [0.15, 0.2) is 11.5 Å². The maximum Gasteiger partial charge on any atom is 0.437 e. The zero-order chi connectivity index (χ0) is 22.1. The second kappa shape index (κ2) is 8.06. The number of aromatic amines is 1. The summed E-state index contributed by atoms with van der Waals surface area (Å²) in [6, 6.07) is 6.27. The number of H-pyrrole nitrogens is 1. The molecule has 30 heavy (non-hydrogen) atoms. The van der Waals surface area contributed by atoms with Crippen LogP contribution in [0.2, 0.25) is 5.02 Å². The summed E-state index contributed by atoms with van der Waals surface area (Å²) in [6.45, 7) is 1.15. The van der Waals surface area contributed by atoms with Gasteiger partial charge in [-0.1, -0.05) is 11.6 Å². The van der Waals surface area contributed by atoms with Gasteiger partial charge < -0.3 is 14.5 Å². The van der Waals surface area contributed by atoms with Crippen LogP contribution < -0.4 is 10.1 Å². The van der Waals surface area contributed by atoms with Crippen LogP contribution >= 0.6 is 11.6 Å². The number of nitrogens with zero attached hydrogens (tertiary/aromatic N) is 2. The van der Waals surface area contributed by atoms with Crippen molar-refractivity contribution in [2.24, 2.45) is 0 Å². The molecule has 0 saturated carbocycles. The number of furan rings is 1. The van der Waals surface area contributed by atoms with E-state index < -0.39 is 28.4 Å². The second-order valence-electron chi connectivity index (χ2n) is 5.95. The lowest BCUT2D eigenvalue weighted by molar-refractivity contribution is -0.384. The molecule has 0 unspecified atom stereocenters. The van der Waals surface area contributed by atoms with Crippen LogP contribution in [-0.4, -0.2) is 21.0 Å². The highest BCUT2D eigenvalue weighted by Gasteiger charge is 2.38. The summed E-state index contributed by atoms with van der Waals surface area (Å²) in [5.74, 6) is -0.843. The van der Waals surface area contributed by atoms with Crippen molar-refractivity contribution in [2.75, 3.05) is 5.32 Å². The quantitative estimate of drug-likeness (QED) is 0.418. The fraction of sp³-hybridized carbons (Fsp3) is 0.176. The van der Waals surface area contributed by atoms with E-state index in [1.807, 2.05) is 0 Å². The molecule has 13 heteroatoms. The summed E-state index contributed by atoms with van der Waals surface area (Å²) >= 11 is 5.92. The van der Waals surface area contributed by atoms with Crippen LogP contribution in [0.15, 0.2) is 34.7 Å². The van der Waals surface area contributed by atoms with Crippen molar-refractivity contribution in [2.45, 2.75) is 19.7 Å². The normalized spacial score (nSPS) is 11.4. The predicted octanol–water partition coefficient (Wildman–Crippen LogP) is 4.72. The third-order valence-corrected chi connectivity index (χ3v) is 4.13. The Morgan fingerprint density at radius 3 is 2.73 bits per heavy atom. The summed E-state index contributed by atoms with van der Waals surface area (Å²) in [7, 11) is 0. The van der Waals surface area contributed by atoms with Crippen LogP contribution in [0.1, 0.15) is 27.7 Å². The molecule has 9 nitrogen and oxygen atoms in total. The summed E-state index contributed by atoms with van der Waals surface area (Å²) in [5.41, 5.74) is -1.94. The minimum absolute atomic E-state index is 0.00355. The fourth-order valence-corrected chi connectivity index (χ4v) is 2.64. The number of anilines is 1. The van der Waals surface area contributed by atoms with Gasteiger partial charge in [-0.05, 0) is 25.1 Å². The van der Waals surface area contributed by atoms with Crippen molar-refractivity contribution in [3.05, 3.63) is 68.4 Å². The fourth-order valence-electron chi connectivity index (χ4n) is 2.41. The Bertz CT molecular complexity index is 1110. The first-order valence-corrected chi connectivity index (χ1v) is 8.53. The van der Waals surface area contributed by atoms with E-state index in [2.05, 4.69) is 15.5 Å². The molecule has 0 aliphatic carbocycles. The molecular weight excluding hydrogens is 433 g/mol. The molecule has 3 rings (SSSR count). The number of nitrogens with one attached hydrogen (secondary N) is 2. The van der Waals surface area contributed by atoms with Gasteiger partial charge in [0.25, 0.3) is 11.6 Å². The molecule has 2 heterocycles. The average molecular weight is 445 g/mol. The minimum atomic E-state index is -4.75. The third-order valence-electron chi connectivity index (χ3n) is 3.84. The Morgan fingerprint density at radius 2 is 2.10 bits per heavy atom. The Kier molecular flexibility index (Phi) is 5.69. The molecule has 2 N–H and O–H groups in total. The molecule has 0 atom stereocenters. The molecule has 0 radical (unpaired) electrons. The summed E-state index contributed by atoms with van der Waals surface area (Å²) in [4.78, 5) is 22.3. The van der Waals surface area contributed by atoms with Gasteiger partial charge in [-0.15, -0.1) is 0 Å². The topological polar surface area (TPSA) is 123 Å². The number of carbonyl (C=O) groups is 1. The highest BCUT2D eigenvalue weighted by atomic mass is 35.5. The van der Waals surface area contributed by atoms with Crippen molar-refractivity contribution < 1.29 is 32.0 Å². The van der Waals surface area contributed by atoms with Crippen LogP contribution in [0.3, 0.4) is 0 Å². The number of halogens is 4. The van der Waals surface area contributed by atoms with E-state index in [1.54, 1.807) is 0 Å². The number of nitro groups is 1. The zero-order valence-electron chi connectivity index (χ0n) is 15.0. The number of aromatic nitrogens is 2. The number of non-ortho nitro benzene ring substituents is 1. The van der Waals surface area contributed by atoms with Gasteiger partial charge in [0.1, 0.15) is 18.1 Å². The van der Waals surface area contributed by atoms with Gasteiger partial charge >= 0.3 is 6.18 Å². The van der Waals surface area contributed by atoms with Gasteiger partial charge in [-0.25, -0.2) is 0 Å². The maximum atomic E-state index is 13.0. The number of nitro benzene ring substituents is 1. The number of aryl methyl sites for hydroxylation is 1. The molecule has 0 aliphatic rings. The smallest absolute Gasteiger partial charge is 0.437 e. The SMILES string of the molecule is Cc1[nH]nc(C(F)(F)F)c1NC(=O)c1ccc(COc2ccc([N+](=O)[O-])cc2Cl)o1. The van der Waals surface area contributed by atoms with E-state index in [0.29, 0.717) is 0 Å². The monoisotopic (exact) mass is 444 g/mol. The molecule has 2 aromatic heterocycles. The summed E-state index contributed by atoms with van der Waals surface area (Å²) in [6.07, 6.45) is -4.75. The number of amides is 1. The minimum Gasteiger partial charge on any atom is -0.484 e. The molecule has 1 amide bonds. The number of ether oxygens (including phenoxy) is 1. The molecule has 0 spiro atoms. The maximum absolute atomic E-state index is 13.0. The molecule has 0 fully saturated rings. The molecule has 158 valence electrons. The first-order chi connectivity index (χ1) is 14.1. The first-order valence-electron chi connectivity index (χ1n) is 8.15. The third kappa shape index (κ3) is 4.54. The van der Waals surface area contributed by atoms with E-state index in [4.69, 9.17) is 20.8 Å². The number of alkyl halides is 3. The highest BCUT2D eigenvalue weighted by molar-refractivity contribution is 6.32. The van der Waals surface area contributed by atoms with E-state index in [-0.39, 0.29) is 40.3 Å². The zero-order valence-corrected chi connectivity index (χ0v) is 15.8. The Labute approximate surface area is 170 Å².